The third-order valence-electron chi connectivity index (χ3n) is 7.46. The average Bonchev–Trinajstić information content (AvgIpc) is 2.99. The molecule has 10 atom stereocenters. The molecular formula is C28H32O15. The molecule has 0 bridgehead atoms. The number of aliphatic hydroxyl groups excluding tert-OH is 6. The molecule has 2 aromatic carbocycles. The van der Waals surface area contributed by atoms with Crippen LogP contribution in [0.5, 0.6) is 23.0 Å². The lowest BCUT2D eigenvalue weighted by Crippen LogP contribution is -2.64. The van der Waals surface area contributed by atoms with Gasteiger partial charge in [0.15, 0.2) is 23.2 Å². The van der Waals surface area contributed by atoms with E-state index in [2.05, 4.69) is 0 Å². The van der Waals surface area contributed by atoms with E-state index in [1.807, 2.05) is 0 Å². The van der Waals surface area contributed by atoms with Crippen molar-refractivity contribution in [2.24, 2.45) is 0 Å². The lowest BCUT2D eigenvalue weighted by molar-refractivity contribution is -0.349. The molecule has 0 aliphatic carbocycles. The van der Waals surface area contributed by atoms with Gasteiger partial charge in [0.05, 0.1) is 19.8 Å². The molecule has 0 spiro atoms. The predicted octanol–water partition coefficient (Wildman–Crippen LogP) is -1.09. The number of benzene rings is 2. The Morgan fingerprint density at radius 2 is 1.56 bits per heavy atom. The van der Waals surface area contributed by atoms with E-state index in [0.29, 0.717) is 11.3 Å². The fourth-order valence-corrected chi connectivity index (χ4v) is 4.99. The first kappa shape index (κ1) is 30.9. The molecule has 2 saturated heterocycles. The van der Waals surface area contributed by atoms with Crippen LogP contribution >= 0.6 is 0 Å². The summed E-state index contributed by atoms with van der Waals surface area (Å²) < 4.78 is 32.8. The molecule has 0 saturated carbocycles. The second kappa shape index (κ2) is 12.2. The Labute approximate surface area is 243 Å². The van der Waals surface area contributed by atoms with Crippen molar-refractivity contribution in [2.75, 3.05) is 13.7 Å². The van der Waals surface area contributed by atoms with Crippen LogP contribution in [0.3, 0.4) is 0 Å². The van der Waals surface area contributed by atoms with Crippen molar-refractivity contribution in [1.29, 1.82) is 0 Å². The summed E-state index contributed by atoms with van der Waals surface area (Å²) in [5.74, 6) is -1.53. The lowest BCUT2D eigenvalue weighted by atomic mass is 9.97. The van der Waals surface area contributed by atoms with Crippen LogP contribution in [0, 0.1) is 0 Å². The molecule has 3 aromatic rings. The molecule has 8 N–H and O–H groups in total. The van der Waals surface area contributed by atoms with Crippen molar-refractivity contribution >= 4 is 11.0 Å². The van der Waals surface area contributed by atoms with E-state index in [1.165, 1.54) is 14.0 Å². The van der Waals surface area contributed by atoms with E-state index in [9.17, 15) is 45.6 Å². The second-order valence-electron chi connectivity index (χ2n) is 10.3. The zero-order valence-electron chi connectivity index (χ0n) is 22.9. The van der Waals surface area contributed by atoms with E-state index in [4.69, 9.17) is 28.1 Å². The number of aliphatic hydroxyl groups is 6. The van der Waals surface area contributed by atoms with Crippen molar-refractivity contribution < 1.29 is 69.0 Å². The van der Waals surface area contributed by atoms with Gasteiger partial charge in [-0.15, -0.1) is 0 Å². The molecule has 43 heavy (non-hydrogen) atoms. The Morgan fingerprint density at radius 1 is 0.860 bits per heavy atom. The zero-order chi connectivity index (χ0) is 31.2. The highest BCUT2D eigenvalue weighted by atomic mass is 16.7. The number of hydrogen-bond acceptors (Lipinski definition) is 15. The van der Waals surface area contributed by atoms with Gasteiger partial charge < -0.3 is 69.0 Å². The van der Waals surface area contributed by atoms with Crippen LogP contribution in [0.4, 0.5) is 0 Å². The van der Waals surface area contributed by atoms with Gasteiger partial charge in [0.2, 0.25) is 12.0 Å². The smallest absolute Gasteiger partial charge is 0.229 e. The maximum absolute atomic E-state index is 13.0. The van der Waals surface area contributed by atoms with Crippen LogP contribution in [0.15, 0.2) is 45.6 Å². The van der Waals surface area contributed by atoms with Crippen LogP contribution in [-0.4, -0.2) is 116 Å². The SMILES string of the molecule is COc1ccc(-c2cc(=O)c3c(O)c(O[C@@H]4O[C@H](CO)[C@@H](O)[C@H](O[C@@H]5O[C@@H](C)[C@H](O)[C@@H](O)[C@H]5O)[C@H]4O)c(O)cc3o2)cc1. The van der Waals surface area contributed by atoms with Gasteiger partial charge in [0, 0.05) is 17.7 Å². The first-order valence-corrected chi connectivity index (χ1v) is 13.3. The summed E-state index contributed by atoms with van der Waals surface area (Å²) in [6.45, 7) is 0.601. The van der Waals surface area contributed by atoms with E-state index in [0.717, 1.165) is 12.1 Å². The summed E-state index contributed by atoms with van der Waals surface area (Å²) in [7, 11) is 1.50. The topological polar surface area (TPSA) is 238 Å². The van der Waals surface area contributed by atoms with Crippen molar-refractivity contribution in [1.82, 2.24) is 0 Å². The van der Waals surface area contributed by atoms with Gasteiger partial charge >= 0.3 is 0 Å². The first-order valence-electron chi connectivity index (χ1n) is 13.3. The van der Waals surface area contributed by atoms with E-state index < -0.39 is 90.7 Å². The fraction of sp³-hybridized carbons (Fsp3) is 0.464. The molecule has 15 nitrogen and oxygen atoms in total. The maximum Gasteiger partial charge on any atom is 0.229 e. The summed E-state index contributed by atoms with van der Waals surface area (Å²) in [6, 6.07) is 8.74. The predicted molar refractivity (Wildman–Crippen MR) is 143 cm³/mol. The van der Waals surface area contributed by atoms with Gasteiger partial charge in [0.25, 0.3) is 0 Å². The van der Waals surface area contributed by atoms with Gasteiger partial charge in [-0.25, -0.2) is 0 Å². The molecule has 0 amide bonds. The maximum atomic E-state index is 13.0. The number of ether oxygens (including phenoxy) is 5. The number of phenols is 2. The molecule has 3 heterocycles. The highest BCUT2D eigenvalue weighted by molar-refractivity contribution is 5.89. The molecule has 1 aromatic heterocycles. The number of phenolic OH excluding ortho intramolecular Hbond substituents is 2. The van der Waals surface area contributed by atoms with Crippen LogP contribution < -0.4 is 14.9 Å². The zero-order valence-corrected chi connectivity index (χ0v) is 22.9. The molecule has 0 unspecified atom stereocenters. The number of aromatic hydroxyl groups is 2. The minimum absolute atomic E-state index is 0.137. The Morgan fingerprint density at radius 3 is 2.21 bits per heavy atom. The average molecular weight is 609 g/mol. The van der Waals surface area contributed by atoms with Gasteiger partial charge in [-0.2, -0.15) is 0 Å². The Kier molecular flexibility index (Phi) is 8.80. The van der Waals surface area contributed by atoms with Crippen molar-refractivity contribution in [2.45, 2.75) is 68.3 Å². The van der Waals surface area contributed by atoms with Crippen molar-refractivity contribution in [3.63, 3.8) is 0 Å². The molecule has 0 radical (unpaired) electrons. The van der Waals surface area contributed by atoms with Crippen molar-refractivity contribution in [3.8, 4) is 34.3 Å². The summed E-state index contributed by atoms with van der Waals surface area (Å²) in [6.07, 6.45) is -16.1. The number of fused-ring (bicyclic) bond motifs is 1. The molecule has 5 rings (SSSR count). The molecule has 234 valence electrons. The third kappa shape index (κ3) is 5.74. The summed E-state index contributed by atoms with van der Waals surface area (Å²) in [4.78, 5) is 13.0. The third-order valence-corrected chi connectivity index (χ3v) is 7.46. The molecule has 15 heteroatoms. The normalized spacial score (nSPS) is 32.9. The van der Waals surface area contributed by atoms with Gasteiger partial charge in [-0.3, -0.25) is 4.79 Å². The van der Waals surface area contributed by atoms with Crippen LogP contribution in [0.25, 0.3) is 22.3 Å². The van der Waals surface area contributed by atoms with E-state index in [1.54, 1.807) is 24.3 Å². The highest BCUT2D eigenvalue weighted by Crippen LogP contribution is 2.43. The van der Waals surface area contributed by atoms with E-state index >= 15 is 0 Å². The number of methoxy groups -OCH3 is 1. The first-order chi connectivity index (χ1) is 20.4. The van der Waals surface area contributed by atoms with Crippen LogP contribution in [-0.2, 0) is 14.2 Å². The van der Waals surface area contributed by atoms with Gasteiger partial charge in [-0.1, -0.05) is 0 Å². The van der Waals surface area contributed by atoms with Crippen LogP contribution in [0.2, 0.25) is 0 Å². The highest BCUT2D eigenvalue weighted by Gasteiger charge is 2.51. The molecule has 2 aliphatic rings. The number of rotatable bonds is 7. The van der Waals surface area contributed by atoms with Crippen molar-refractivity contribution in [3.05, 3.63) is 46.6 Å². The van der Waals surface area contributed by atoms with E-state index in [-0.39, 0.29) is 16.7 Å². The number of hydrogen-bond donors (Lipinski definition) is 8. The van der Waals surface area contributed by atoms with Gasteiger partial charge in [0.1, 0.15) is 65.2 Å². The second-order valence-corrected chi connectivity index (χ2v) is 10.3. The summed E-state index contributed by atoms with van der Waals surface area (Å²) >= 11 is 0. The Hall–Kier alpha value is -3.51. The molecule has 2 aliphatic heterocycles. The monoisotopic (exact) mass is 608 g/mol. The quantitative estimate of drug-likeness (QED) is 0.159. The lowest BCUT2D eigenvalue weighted by Gasteiger charge is -2.45. The minimum atomic E-state index is -1.91. The largest absolute Gasteiger partial charge is 0.504 e. The summed E-state index contributed by atoms with van der Waals surface area (Å²) in [5, 5.41) is 83.1. The standard InChI is InChI=1S/C28H32O15/c1-10-19(32)22(35)23(36)27(39-10)43-26-20(33)17(9-29)41-28(24(26)37)42-25-14(31)8-16-18(21(25)34)13(30)7-15(40-16)11-3-5-12(38-2)6-4-11/h3-8,10,17,19-20,22-24,26-29,31-37H,9H2,1-2H3/t10-,17+,19-,20+,22+,23+,24+,26-,27-,28-/m0/s1. The molecule has 2 fully saturated rings. The van der Waals surface area contributed by atoms with Gasteiger partial charge in [-0.05, 0) is 31.2 Å². The minimum Gasteiger partial charge on any atom is -0.504 e. The van der Waals surface area contributed by atoms with Crippen LogP contribution in [0.1, 0.15) is 6.92 Å². The Bertz CT molecular complexity index is 1490. The Balaban J connectivity index is 1.44. The molecular weight excluding hydrogens is 576 g/mol. The fourth-order valence-electron chi connectivity index (χ4n) is 4.99. The summed E-state index contributed by atoms with van der Waals surface area (Å²) in [5.41, 5.74) is -0.363.